The Hall–Kier alpha value is -6.44. The van der Waals surface area contributed by atoms with Crippen molar-refractivity contribution in [3.8, 4) is 11.1 Å². The zero-order chi connectivity index (χ0) is 41.3. The third-order valence-electron chi connectivity index (χ3n) is 10.5. The van der Waals surface area contributed by atoms with Gasteiger partial charge in [-0.1, -0.05) is 188 Å². The van der Waals surface area contributed by atoms with Gasteiger partial charge in [-0.2, -0.15) is 0 Å². The van der Waals surface area contributed by atoms with Gasteiger partial charge in [0.25, 0.3) is 0 Å². The number of nitrogens with zero attached hydrogens (tertiary/aromatic N) is 2. The Bertz CT molecular complexity index is 2620. The summed E-state index contributed by atoms with van der Waals surface area (Å²) in [5, 5.41) is 12.7. The van der Waals surface area contributed by atoms with E-state index in [0.29, 0.717) is 0 Å². The number of aliphatic imine (C=N–C) groups is 2. The number of para-hydroxylation sites is 3. The van der Waals surface area contributed by atoms with E-state index in [1.807, 2.05) is 0 Å². The second kappa shape index (κ2) is 19.1. The summed E-state index contributed by atoms with van der Waals surface area (Å²) in [4.78, 5) is 11.0. The number of amidine groups is 2. The number of hydrogen-bond acceptors (Lipinski definition) is 2. The van der Waals surface area contributed by atoms with Crippen LogP contribution in [-0.2, 0) is 0 Å². The van der Waals surface area contributed by atoms with Crippen molar-refractivity contribution >= 4 is 71.0 Å². The normalized spacial score (nSPS) is 11.8. The van der Waals surface area contributed by atoms with Crippen molar-refractivity contribution in [2.45, 2.75) is 27.7 Å². The molecule has 0 aliphatic rings. The van der Waals surface area contributed by atoms with Crippen LogP contribution in [0.1, 0.15) is 22.3 Å². The lowest BCUT2D eigenvalue weighted by Gasteiger charge is -2.24. The molecule has 8 aromatic rings. The van der Waals surface area contributed by atoms with Gasteiger partial charge in [-0.25, -0.2) is 9.98 Å². The molecule has 0 saturated carbocycles. The van der Waals surface area contributed by atoms with E-state index in [0.717, 1.165) is 45.0 Å². The third-order valence-corrected chi connectivity index (χ3v) is 15.0. The summed E-state index contributed by atoms with van der Waals surface area (Å²) in [6.45, 7) is 8.62. The molecule has 0 unspecified atom stereocenters. The Morgan fingerprint density at radius 3 is 1.10 bits per heavy atom. The first kappa shape index (κ1) is 40.3. The predicted molar refractivity (Wildman–Crippen MR) is 263 cm³/mol. The van der Waals surface area contributed by atoms with E-state index in [9.17, 15) is 0 Å². The van der Waals surface area contributed by atoms with Crippen LogP contribution in [0.4, 0.5) is 22.7 Å². The summed E-state index contributed by atoms with van der Waals surface area (Å²) in [5.41, 5.74) is 12.6. The quantitative estimate of drug-likeness (QED) is 0.0776. The lowest BCUT2D eigenvalue weighted by Crippen LogP contribution is -2.24. The standard InChI is InChI=1S/C54H48N4P2/c1-39-21-19-22-40(2)51(39)57-53(59(45-25-9-5-10-26-45)46-27-11-6-12-28-46)55-44-37-35-43(36-38-44)49-33-17-18-34-50(49)56-54(58-52-41(3)23-20-24-42(52)4)60(47-29-13-7-14-30-47)48-31-15-8-16-32-48/h5-38H,1-4H3,(H,55,57)(H,56,58). The molecular formula is C54H48N4P2. The van der Waals surface area contributed by atoms with E-state index in [1.54, 1.807) is 0 Å². The van der Waals surface area contributed by atoms with E-state index in [2.05, 4.69) is 245 Å². The van der Waals surface area contributed by atoms with Gasteiger partial charge in [-0.05, 0) is 94.9 Å². The molecule has 0 radical (unpaired) electrons. The van der Waals surface area contributed by atoms with Crippen molar-refractivity contribution in [3.05, 3.63) is 229 Å². The highest BCUT2D eigenvalue weighted by Gasteiger charge is 2.24. The maximum absolute atomic E-state index is 5.59. The van der Waals surface area contributed by atoms with Crippen molar-refractivity contribution in [1.82, 2.24) is 0 Å². The minimum absolute atomic E-state index is 0.877. The van der Waals surface area contributed by atoms with Crippen molar-refractivity contribution in [3.63, 3.8) is 0 Å². The summed E-state index contributed by atoms with van der Waals surface area (Å²) in [7, 11) is -2.05. The molecule has 0 aliphatic carbocycles. The van der Waals surface area contributed by atoms with Crippen LogP contribution >= 0.6 is 15.8 Å². The van der Waals surface area contributed by atoms with Crippen LogP contribution in [0.5, 0.6) is 0 Å². The molecule has 0 spiro atoms. The van der Waals surface area contributed by atoms with Crippen molar-refractivity contribution in [2.24, 2.45) is 9.98 Å². The molecular weight excluding hydrogens is 767 g/mol. The average molecular weight is 815 g/mol. The predicted octanol–water partition coefficient (Wildman–Crippen LogP) is 13.1. The van der Waals surface area contributed by atoms with Gasteiger partial charge in [0.2, 0.25) is 0 Å². The van der Waals surface area contributed by atoms with Crippen LogP contribution in [0.15, 0.2) is 216 Å². The maximum Gasteiger partial charge on any atom is 0.139 e. The van der Waals surface area contributed by atoms with Gasteiger partial charge >= 0.3 is 0 Å². The van der Waals surface area contributed by atoms with Gasteiger partial charge < -0.3 is 10.6 Å². The topological polar surface area (TPSA) is 48.8 Å². The highest BCUT2D eigenvalue weighted by molar-refractivity contribution is 7.88. The van der Waals surface area contributed by atoms with Gasteiger partial charge in [0.15, 0.2) is 0 Å². The van der Waals surface area contributed by atoms with Gasteiger partial charge in [0.05, 0.1) is 11.4 Å². The van der Waals surface area contributed by atoms with Crippen LogP contribution in [0.25, 0.3) is 11.1 Å². The van der Waals surface area contributed by atoms with Crippen LogP contribution in [0.2, 0.25) is 0 Å². The molecule has 294 valence electrons. The largest absolute Gasteiger partial charge is 0.339 e. The van der Waals surface area contributed by atoms with Crippen molar-refractivity contribution < 1.29 is 0 Å². The molecule has 8 rings (SSSR count). The van der Waals surface area contributed by atoms with Gasteiger partial charge in [0.1, 0.15) is 11.2 Å². The molecule has 0 aliphatic heterocycles. The van der Waals surface area contributed by atoms with E-state index < -0.39 is 15.8 Å². The fourth-order valence-corrected chi connectivity index (χ4v) is 11.7. The maximum atomic E-state index is 5.59. The Morgan fingerprint density at radius 1 is 0.350 bits per heavy atom. The Kier molecular flexibility index (Phi) is 12.8. The summed E-state index contributed by atoms with van der Waals surface area (Å²) < 4.78 is 0. The van der Waals surface area contributed by atoms with Crippen LogP contribution in [0, 0.1) is 27.7 Å². The molecule has 0 heterocycles. The highest BCUT2D eigenvalue weighted by Crippen LogP contribution is 2.42. The zero-order valence-electron chi connectivity index (χ0n) is 34.4. The minimum atomic E-state index is -1.04. The Balaban J connectivity index is 1.23. The molecule has 0 saturated heterocycles. The average Bonchev–Trinajstić information content (AvgIpc) is 3.28. The second-order valence-electron chi connectivity index (χ2n) is 14.7. The highest BCUT2D eigenvalue weighted by atomic mass is 31.1. The first-order valence-electron chi connectivity index (χ1n) is 20.3. The molecule has 8 aromatic carbocycles. The number of nitrogens with one attached hydrogen (secondary N) is 2. The molecule has 6 heteroatoms. The van der Waals surface area contributed by atoms with Crippen LogP contribution < -0.4 is 31.9 Å². The van der Waals surface area contributed by atoms with E-state index in [1.165, 1.54) is 43.5 Å². The van der Waals surface area contributed by atoms with Crippen molar-refractivity contribution in [2.75, 3.05) is 10.6 Å². The van der Waals surface area contributed by atoms with E-state index >= 15 is 0 Å². The monoisotopic (exact) mass is 814 g/mol. The van der Waals surface area contributed by atoms with E-state index in [4.69, 9.17) is 9.98 Å². The first-order valence-corrected chi connectivity index (χ1v) is 22.9. The zero-order valence-corrected chi connectivity index (χ0v) is 36.2. The number of benzene rings is 8. The fourth-order valence-electron chi connectivity index (χ4n) is 7.38. The smallest absolute Gasteiger partial charge is 0.139 e. The van der Waals surface area contributed by atoms with E-state index in [-0.39, 0.29) is 0 Å². The number of aryl methyl sites for hydroxylation is 4. The molecule has 0 bridgehead atoms. The summed E-state index contributed by atoms with van der Waals surface area (Å²) in [6.07, 6.45) is 0. The lowest BCUT2D eigenvalue weighted by molar-refractivity contribution is 1.37. The number of rotatable bonds is 11. The Labute approximate surface area is 357 Å². The summed E-state index contributed by atoms with van der Waals surface area (Å²) >= 11 is 0. The number of hydrogen-bond donors (Lipinski definition) is 2. The first-order chi connectivity index (χ1) is 29.4. The SMILES string of the molecule is Cc1cccc(C)c1N/C(=N/c1ccccc1-c1ccc(/N=C(\Nc2c(C)cccc2C)P(c2ccccc2)c2ccccc2)cc1)P(c1ccccc1)c1ccccc1. The molecule has 0 atom stereocenters. The molecule has 0 fully saturated rings. The van der Waals surface area contributed by atoms with Crippen LogP contribution in [-0.4, -0.2) is 11.2 Å². The van der Waals surface area contributed by atoms with Crippen molar-refractivity contribution in [1.29, 1.82) is 0 Å². The fraction of sp³-hybridized carbons (Fsp3) is 0.0741. The summed E-state index contributed by atoms with van der Waals surface area (Å²) in [6, 6.07) is 72.9. The lowest BCUT2D eigenvalue weighted by atomic mass is 10.0. The van der Waals surface area contributed by atoms with Gasteiger partial charge in [-0.15, -0.1) is 0 Å². The molecule has 60 heavy (non-hydrogen) atoms. The summed E-state index contributed by atoms with van der Waals surface area (Å²) in [5.74, 6) is 0. The molecule has 0 aromatic heterocycles. The Morgan fingerprint density at radius 2 is 0.700 bits per heavy atom. The van der Waals surface area contributed by atoms with Gasteiger partial charge in [-0.3, -0.25) is 0 Å². The molecule has 4 nitrogen and oxygen atoms in total. The second-order valence-corrected chi connectivity index (χ2v) is 19.0. The molecule has 2 N–H and O–H groups in total. The van der Waals surface area contributed by atoms with Gasteiger partial charge in [0, 0.05) is 32.8 Å². The third kappa shape index (κ3) is 9.38. The minimum Gasteiger partial charge on any atom is -0.339 e. The number of anilines is 2. The molecule has 0 amide bonds. The van der Waals surface area contributed by atoms with Crippen LogP contribution in [0.3, 0.4) is 0 Å².